The van der Waals surface area contributed by atoms with Crippen LogP contribution in [0, 0.1) is 17.5 Å². The van der Waals surface area contributed by atoms with Gasteiger partial charge in [0.15, 0.2) is 17.5 Å². The van der Waals surface area contributed by atoms with Crippen LogP contribution in [-0.4, -0.2) is 31.0 Å². The molecule has 0 aliphatic rings. The molecule has 4 rings (SSSR count). The highest BCUT2D eigenvalue weighted by Gasteiger charge is 2.20. The molecule has 166 valence electrons. The van der Waals surface area contributed by atoms with E-state index in [1.54, 1.807) is 13.1 Å². The van der Waals surface area contributed by atoms with Crippen LogP contribution >= 0.6 is 15.9 Å². The lowest BCUT2D eigenvalue weighted by Gasteiger charge is -2.16. The first-order chi connectivity index (χ1) is 15.2. The molecule has 4 aromatic rings. The zero-order valence-corrected chi connectivity index (χ0v) is 18.4. The maximum absolute atomic E-state index is 14.4. The maximum atomic E-state index is 14.4. The van der Waals surface area contributed by atoms with Gasteiger partial charge in [0, 0.05) is 23.2 Å². The molecule has 2 aromatic carbocycles. The first-order valence-corrected chi connectivity index (χ1v) is 9.97. The van der Waals surface area contributed by atoms with E-state index in [4.69, 9.17) is 4.74 Å². The number of methoxy groups -OCH3 is 1. The van der Waals surface area contributed by atoms with Gasteiger partial charge in [-0.3, -0.25) is 18.6 Å². The molecule has 0 saturated carbocycles. The Morgan fingerprint density at radius 2 is 1.72 bits per heavy atom. The molecule has 8 nitrogen and oxygen atoms in total. The van der Waals surface area contributed by atoms with E-state index in [1.165, 1.54) is 24.2 Å². The molecule has 0 aliphatic heterocycles. The number of hydrogen-bond acceptors (Lipinski definition) is 5. The fourth-order valence-electron chi connectivity index (χ4n) is 3.37. The van der Waals surface area contributed by atoms with Crippen molar-refractivity contribution in [3.05, 3.63) is 84.7 Å². The van der Waals surface area contributed by atoms with Gasteiger partial charge in [-0.15, -0.1) is 0 Å². The standard InChI is InChI=1S/C20H15BrF3N5O3/c1-27-9-25-17(26-27)8-29-19(30)18-15(4-11(21)5-16(18)32-2)28(20(29)31)7-10-3-13(23)14(24)6-12(10)22/h3-6,9H,7-8H2,1-2H3. The van der Waals surface area contributed by atoms with Crippen LogP contribution in [0.5, 0.6) is 5.75 Å². The predicted molar refractivity (Wildman–Crippen MR) is 112 cm³/mol. The van der Waals surface area contributed by atoms with Crippen LogP contribution in [0.2, 0.25) is 0 Å². The second-order valence-electron chi connectivity index (χ2n) is 6.95. The number of nitrogens with zero attached hydrogens (tertiary/aromatic N) is 5. The lowest BCUT2D eigenvalue weighted by Crippen LogP contribution is -2.41. The Morgan fingerprint density at radius 1 is 1.00 bits per heavy atom. The molecule has 0 atom stereocenters. The summed E-state index contributed by atoms with van der Waals surface area (Å²) in [6.45, 7) is -0.720. The quantitative estimate of drug-likeness (QED) is 0.386. The summed E-state index contributed by atoms with van der Waals surface area (Å²) in [6, 6.07) is 4.11. The van der Waals surface area contributed by atoms with Crippen molar-refractivity contribution in [2.45, 2.75) is 13.1 Å². The SMILES string of the molecule is COc1cc(Br)cc2c1c(=O)n(Cc1ncn(C)n1)c(=O)n2Cc1cc(F)c(F)cc1F. The number of halogens is 4. The minimum absolute atomic E-state index is 0.0502. The smallest absolute Gasteiger partial charge is 0.332 e. The summed E-state index contributed by atoms with van der Waals surface area (Å²) < 4.78 is 50.7. The number of rotatable bonds is 5. The van der Waals surface area contributed by atoms with Gasteiger partial charge < -0.3 is 4.74 Å². The van der Waals surface area contributed by atoms with Crippen molar-refractivity contribution >= 4 is 26.8 Å². The number of hydrogen-bond donors (Lipinski definition) is 0. The summed E-state index contributed by atoms with van der Waals surface area (Å²) in [5.74, 6) is -3.27. The third-order valence-corrected chi connectivity index (χ3v) is 5.30. The van der Waals surface area contributed by atoms with E-state index in [0.29, 0.717) is 16.6 Å². The van der Waals surface area contributed by atoms with Crippen molar-refractivity contribution in [3.8, 4) is 5.75 Å². The number of aryl methyl sites for hydroxylation is 1. The average Bonchev–Trinajstić information content (AvgIpc) is 3.16. The molecule has 32 heavy (non-hydrogen) atoms. The monoisotopic (exact) mass is 509 g/mol. The van der Waals surface area contributed by atoms with Gasteiger partial charge >= 0.3 is 5.69 Å². The van der Waals surface area contributed by atoms with E-state index in [1.807, 2.05) is 0 Å². The Morgan fingerprint density at radius 3 is 2.38 bits per heavy atom. The van der Waals surface area contributed by atoms with E-state index in [9.17, 15) is 22.8 Å². The minimum Gasteiger partial charge on any atom is -0.496 e. The fourth-order valence-corrected chi connectivity index (χ4v) is 3.80. The van der Waals surface area contributed by atoms with E-state index in [0.717, 1.165) is 9.13 Å². The first-order valence-electron chi connectivity index (χ1n) is 9.18. The van der Waals surface area contributed by atoms with E-state index < -0.39 is 35.2 Å². The Bertz CT molecular complexity index is 1480. The number of ether oxygens (including phenoxy) is 1. The van der Waals surface area contributed by atoms with Crippen LogP contribution in [0.4, 0.5) is 13.2 Å². The van der Waals surface area contributed by atoms with Crippen LogP contribution in [0.15, 0.2) is 44.7 Å². The molecule has 0 aliphatic carbocycles. The second-order valence-corrected chi connectivity index (χ2v) is 7.87. The van der Waals surface area contributed by atoms with E-state index in [-0.39, 0.29) is 34.6 Å². The Kier molecular flexibility index (Phi) is 5.63. The van der Waals surface area contributed by atoms with Crippen LogP contribution in [0.3, 0.4) is 0 Å². The van der Waals surface area contributed by atoms with Crippen molar-refractivity contribution in [1.82, 2.24) is 23.9 Å². The minimum atomic E-state index is -1.35. The highest BCUT2D eigenvalue weighted by atomic mass is 79.9. The summed E-state index contributed by atoms with van der Waals surface area (Å²) in [7, 11) is 2.99. The third-order valence-electron chi connectivity index (χ3n) is 4.84. The third kappa shape index (κ3) is 3.81. The van der Waals surface area contributed by atoms with Gasteiger partial charge in [-0.25, -0.2) is 22.9 Å². The normalized spacial score (nSPS) is 11.3. The van der Waals surface area contributed by atoms with Gasteiger partial charge in [-0.05, 0) is 18.2 Å². The highest BCUT2D eigenvalue weighted by Crippen LogP contribution is 2.28. The molecule has 0 amide bonds. The van der Waals surface area contributed by atoms with Crippen LogP contribution < -0.4 is 16.0 Å². The van der Waals surface area contributed by atoms with Gasteiger partial charge in [-0.1, -0.05) is 15.9 Å². The molecular formula is C20H15BrF3N5O3. The Labute approximate surface area is 186 Å². The van der Waals surface area contributed by atoms with Crippen LogP contribution in [0.25, 0.3) is 10.9 Å². The van der Waals surface area contributed by atoms with Crippen molar-refractivity contribution < 1.29 is 17.9 Å². The average molecular weight is 510 g/mol. The summed E-state index contributed by atoms with van der Waals surface area (Å²) in [6.07, 6.45) is 1.41. The van der Waals surface area contributed by atoms with Crippen molar-refractivity contribution in [2.75, 3.05) is 7.11 Å². The molecule has 2 heterocycles. The fraction of sp³-hybridized carbons (Fsp3) is 0.200. The largest absolute Gasteiger partial charge is 0.496 e. The Balaban J connectivity index is 2.02. The molecule has 12 heteroatoms. The molecule has 0 radical (unpaired) electrons. The molecule has 0 N–H and O–H groups in total. The number of benzene rings is 2. The van der Waals surface area contributed by atoms with E-state index >= 15 is 0 Å². The van der Waals surface area contributed by atoms with Gasteiger partial charge in [0.25, 0.3) is 5.56 Å². The van der Waals surface area contributed by atoms with Gasteiger partial charge in [0.05, 0.1) is 25.7 Å². The molecule has 0 spiro atoms. The zero-order valence-electron chi connectivity index (χ0n) is 16.8. The molecule has 2 aromatic heterocycles. The number of fused-ring (bicyclic) bond motifs is 1. The molecule has 0 saturated heterocycles. The Hall–Kier alpha value is -3.41. The van der Waals surface area contributed by atoms with E-state index in [2.05, 4.69) is 26.0 Å². The summed E-state index contributed by atoms with van der Waals surface area (Å²) in [5.41, 5.74) is -1.61. The topological polar surface area (TPSA) is 83.9 Å². The van der Waals surface area contributed by atoms with Crippen LogP contribution in [-0.2, 0) is 20.1 Å². The van der Waals surface area contributed by atoms with Crippen LogP contribution in [0.1, 0.15) is 11.4 Å². The van der Waals surface area contributed by atoms with Gasteiger partial charge in [0.2, 0.25) is 0 Å². The van der Waals surface area contributed by atoms with Crippen molar-refractivity contribution in [3.63, 3.8) is 0 Å². The van der Waals surface area contributed by atoms with Crippen molar-refractivity contribution in [1.29, 1.82) is 0 Å². The lowest BCUT2D eigenvalue weighted by atomic mass is 10.1. The zero-order chi connectivity index (χ0) is 23.2. The molecule has 0 bridgehead atoms. The summed E-state index contributed by atoms with van der Waals surface area (Å²) >= 11 is 3.29. The predicted octanol–water partition coefficient (Wildman–Crippen LogP) is 2.58. The molecule has 0 unspecified atom stereocenters. The molecule has 0 fully saturated rings. The van der Waals surface area contributed by atoms with Crippen molar-refractivity contribution in [2.24, 2.45) is 7.05 Å². The maximum Gasteiger partial charge on any atom is 0.332 e. The molecular weight excluding hydrogens is 495 g/mol. The highest BCUT2D eigenvalue weighted by molar-refractivity contribution is 9.10. The first kappa shape index (κ1) is 21.8. The summed E-state index contributed by atoms with van der Waals surface area (Å²) in [4.78, 5) is 30.6. The lowest BCUT2D eigenvalue weighted by molar-refractivity contribution is 0.418. The summed E-state index contributed by atoms with van der Waals surface area (Å²) in [5, 5.41) is 4.13. The second kappa shape index (κ2) is 8.26. The van der Waals surface area contributed by atoms with Gasteiger partial charge in [-0.2, -0.15) is 5.10 Å². The van der Waals surface area contributed by atoms with Gasteiger partial charge in [0.1, 0.15) is 23.3 Å². The number of aromatic nitrogens is 5.